The number of halogens is 1. The minimum Gasteiger partial charge on any atom is -0.500 e. The normalized spacial score (nSPS) is 10.7. The average molecular weight is 336 g/mol. The Bertz CT molecular complexity index is 778. The highest BCUT2D eigenvalue weighted by molar-refractivity contribution is 6.31. The monoisotopic (exact) mass is 335 g/mol. The third kappa shape index (κ3) is 3.89. The number of nitrogens with zero attached hydrogens (tertiary/aromatic N) is 2. The molecule has 7 nitrogen and oxygen atoms in total. The van der Waals surface area contributed by atoms with Crippen LogP contribution in [0.15, 0.2) is 35.4 Å². The zero-order valence-corrected chi connectivity index (χ0v) is 13.2. The lowest BCUT2D eigenvalue weighted by molar-refractivity contribution is -0.386. The predicted octanol–water partition coefficient (Wildman–Crippen LogP) is 3.72. The molecule has 23 heavy (non-hydrogen) atoms. The fourth-order valence-corrected chi connectivity index (χ4v) is 2.01. The Labute approximate surface area is 137 Å². The van der Waals surface area contributed by atoms with Gasteiger partial charge in [-0.1, -0.05) is 17.7 Å². The van der Waals surface area contributed by atoms with E-state index in [4.69, 9.17) is 16.3 Å². The quantitative estimate of drug-likeness (QED) is 0.493. The lowest BCUT2D eigenvalue weighted by atomic mass is 10.2. The Kier molecular flexibility index (Phi) is 5.02. The van der Waals surface area contributed by atoms with Crippen LogP contribution in [-0.2, 0) is 0 Å². The highest BCUT2D eigenvalue weighted by Crippen LogP contribution is 2.36. The number of nitrogens with one attached hydrogen (secondary N) is 1. The van der Waals surface area contributed by atoms with Crippen molar-refractivity contribution in [3.63, 3.8) is 0 Å². The summed E-state index contributed by atoms with van der Waals surface area (Å²) in [7, 11) is 1.31. The van der Waals surface area contributed by atoms with Crippen molar-refractivity contribution in [2.24, 2.45) is 5.10 Å². The van der Waals surface area contributed by atoms with Crippen LogP contribution in [0.3, 0.4) is 0 Å². The summed E-state index contributed by atoms with van der Waals surface area (Å²) in [4.78, 5) is 10.2. The van der Waals surface area contributed by atoms with Crippen LogP contribution in [0.1, 0.15) is 11.1 Å². The number of phenolic OH excluding ortho intramolecular Hbond substituents is 1. The number of aryl methyl sites for hydroxylation is 1. The summed E-state index contributed by atoms with van der Waals surface area (Å²) >= 11 is 6.01. The van der Waals surface area contributed by atoms with Gasteiger partial charge in [0.1, 0.15) is 0 Å². The van der Waals surface area contributed by atoms with E-state index in [1.165, 1.54) is 25.5 Å². The van der Waals surface area contributed by atoms with E-state index < -0.39 is 16.4 Å². The highest BCUT2D eigenvalue weighted by Gasteiger charge is 2.19. The number of nitro benzene ring substituents is 1. The second-order valence-corrected chi connectivity index (χ2v) is 5.09. The zero-order valence-electron chi connectivity index (χ0n) is 12.4. The lowest BCUT2D eigenvalue weighted by Crippen LogP contribution is -1.96. The fourth-order valence-electron chi connectivity index (χ4n) is 1.83. The average Bonchev–Trinajstić information content (AvgIpc) is 2.51. The molecular weight excluding hydrogens is 322 g/mol. The van der Waals surface area contributed by atoms with Crippen LogP contribution >= 0.6 is 11.6 Å². The van der Waals surface area contributed by atoms with Gasteiger partial charge in [-0.3, -0.25) is 15.5 Å². The minimum absolute atomic E-state index is 0.000898. The van der Waals surface area contributed by atoms with Crippen molar-refractivity contribution < 1.29 is 14.8 Å². The molecule has 2 N–H and O–H groups in total. The summed E-state index contributed by atoms with van der Waals surface area (Å²) in [6.07, 6.45) is 1.38. The van der Waals surface area contributed by atoms with Crippen LogP contribution in [-0.4, -0.2) is 23.4 Å². The molecule has 0 aliphatic carbocycles. The van der Waals surface area contributed by atoms with Gasteiger partial charge in [-0.15, -0.1) is 0 Å². The maximum absolute atomic E-state index is 10.9. The number of hydrogen-bond donors (Lipinski definition) is 2. The molecule has 0 aliphatic rings. The third-order valence-corrected chi connectivity index (χ3v) is 3.48. The molecule has 0 radical (unpaired) electrons. The first-order chi connectivity index (χ1) is 10.9. The largest absolute Gasteiger partial charge is 0.500 e. The topological polar surface area (TPSA) is 97.0 Å². The highest BCUT2D eigenvalue weighted by atomic mass is 35.5. The molecule has 0 fully saturated rings. The van der Waals surface area contributed by atoms with Crippen LogP contribution in [0.2, 0.25) is 5.02 Å². The van der Waals surface area contributed by atoms with Crippen LogP contribution in [0, 0.1) is 17.0 Å². The van der Waals surface area contributed by atoms with Crippen molar-refractivity contribution in [2.45, 2.75) is 6.92 Å². The van der Waals surface area contributed by atoms with E-state index in [1.54, 1.807) is 12.1 Å². The van der Waals surface area contributed by atoms with E-state index in [-0.39, 0.29) is 5.75 Å². The van der Waals surface area contributed by atoms with E-state index in [9.17, 15) is 15.2 Å². The van der Waals surface area contributed by atoms with Crippen molar-refractivity contribution in [3.8, 4) is 11.5 Å². The summed E-state index contributed by atoms with van der Waals surface area (Å²) in [5.74, 6) is -0.521. The Morgan fingerprint density at radius 3 is 2.74 bits per heavy atom. The van der Waals surface area contributed by atoms with Gasteiger partial charge in [0.2, 0.25) is 5.75 Å². The number of anilines is 1. The van der Waals surface area contributed by atoms with Gasteiger partial charge in [-0.25, -0.2) is 0 Å². The molecule has 0 aliphatic heterocycles. The van der Waals surface area contributed by atoms with E-state index in [0.717, 1.165) is 5.56 Å². The van der Waals surface area contributed by atoms with Gasteiger partial charge in [0.25, 0.3) is 0 Å². The van der Waals surface area contributed by atoms with Gasteiger partial charge < -0.3 is 9.84 Å². The number of hydrazone groups is 1. The number of hydrogen-bond acceptors (Lipinski definition) is 6. The molecule has 0 saturated carbocycles. The first-order valence-electron chi connectivity index (χ1n) is 6.53. The Morgan fingerprint density at radius 1 is 1.39 bits per heavy atom. The summed E-state index contributed by atoms with van der Waals surface area (Å²) in [5.41, 5.74) is 4.34. The Hall–Kier alpha value is -2.80. The van der Waals surface area contributed by atoms with E-state index >= 15 is 0 Å². The van der Waals surface area contributed by atoms with Gasteiger partial charge in [0.05, 0.1) is 23.9 Å². The van der Waals surface area contributed by atoms with Gasteiger partial charge in [0.15, 0.2) is 5.75 Å². The molecule has 2 aromatic carbocycles. The van der Waals surface area contributed by atoms with Gasteiger partial charge >= 0.3 is 5.69 Å². The molecule has 8 heteroatoms. The number of benzene rings is 2. The van der Waals surface area contributed by atoms with E-state index in [0.29, 0.717) is 16.3 Å². The molecule has 2 rings (SSSR count). The third-order valence-electron chi connectivity index (χ3n) is 3.07. The summed E-state index contributed by atoms with van der Waals surface area (Å²) < 4.78 is 4.92. The summed E-state index contributed by atoms with van der Waals surface area (Å²) in [5, 5.41) is 25.2. The molecule has 0 aromatic heterocycles. The van der Waals surface area contributed by atoms with Crippen LogP contribution < -0.4 is 10.2 Å². The lowest BCUT2D eigenvalue weighted by Gasteiger charge is -2.05. The minimum atomic E-state index is -0.692. The van der Waals surface area contributed by atoms with Crippen molar-refractivity contribution >= 4 is 29.2 Å². The van der Waals surface area contributed by atoms with Crippen molar-refractivity contribution in [2.75, 3.05) is 12.5 Å². The molecule has 0 atom stereocenters. The smallest absolute Gasteiger partial charge is 0.315 e. The van der Waals surface area contributed by atoms with Crippen LogP contribution in [0.25, 0.3) is 0 Å². The molecule has 0 bridgehead atoms. The Morgan fingerprint density at radius 2 is 2.13 bits per heavy atom. The van der Waals surface area contributed by atoms with Crippen LogP contribution in [0.4, 0.5) is 11.4 Å². The molecule has 120 valence electrons. The number of ether oxygens (including phenoxy) is 1. The molecule has 0 spiro atoms. The van der Waals surface area contributed by atoms with Crippen LogP contribution in [0.5, 0.6) is 11.5 Å². The summed E-state index contributed by atoms with van der Waals surface area (Å²) in [6.45, 7) is 1.89. The van der Waals surface area contributed by atoms with Crippen molar-refractivity contribution in [3.05, 3.63) is 56.6 Å². The number of nitro groups is 1. The number of rotatable bonds is 5. The molecule has 0 saturated heterocycles. The van der Waals surface area contributed by atoms with Crippen molar-refractivity contribution in [1.29, 1.82) is 0 Å². The molecular formula is C15H14ClN3O4. The molecule has 2 aromatic rings. The number of methoxy groups -OCH3 is 1. The molecule has 0 amide bonds. The van der Waals surface area contributed by atoms with E-state index in [1.807, 2.05) is 13.0 Å². The standard InChI is InChI=1S/C15H14ClN3O4/c1-9-3-4-11(7-12(9)16)18-17-8-10-5-13(19(21)22)15(20)14(6-10)23-2/h3-8,18,20H,1-2H3/b17-8+. The first-order valence-corrected chi connectivity index (χ1v) is 6.90. The maximum Gasteiger partial charge on any atom is 0.315 e. The number of phenols is 1. The molecule has 0 unspecified atom stereocenters. The maximum atomic E-state index is 10.9. The first kappa shape index (κ1) is 16.6. The molecule has 0 heterocycles. The van der Waals surface area contributed by atoms with Crippen molar-refractivity contribution in [1.82, 2.24) is 0 Å². The zero-order chi connectivity index (χ0) is 17.0. The Balaban J connectivity index is 2.23. The van der Waals surface area contributed by atoms with Gasteiger partial charge in [-0.2, -0.15) is 5.10 Å². The van der Waals surface area contributed by atoms with Gasteiger partial charge in [0, 0.05) is 16.7 Å². The fraction of sp³-hybridized carbons (Fsp3) is 0.133. The predicted molar refractivity (Wildman–Crippen MR) is 88.7 cm³/mol. The second-order valence-electron chi connectivity index (χ2n) is 4.68. The second kappa shape index (κ2) is 6.97. The SMILES string of the molecule is COc1cc(/C=N/Nc2ccc(C)c(Cl)c2)cc([N+](=O)[O-])c1O. The number of aromatic hydroxyl groups is 1. The van der Waals surface area contributed by atoms with E-state index in [2.05, 4.69) is 10.5 Å². The summed E-state index contributed by atoms with van der Waals surface area (Å²) in [6, 6.07) is 8.00. The van der Waals surface area contributed by atoms with Gasteiger partial charge in [-0.05, 0) is 30.7 Å².